The second-order valence-electron chi connectivity index (χ2n) is 8.61. The maximum absolute atomic E-state index is 13.2. The second-order valence-corrected chi connectivity index (χ2v) is 8.61. The van der Waals surface area contributed by atoms with Gasteiger partial charge in [-0.05, 0) is 19.4 Å². The van der Waals surface area contributed by atoms with E-state index >= 15 is 0 Å². The highest BCUT2D eigenvalue weighted by molar-refractivity contribution is 5.87. The summed E-state index contributed by atoms with van der Waals surface area (Å²) in [6.07, 6.45) is 0. The van der Waals surface area contributed by atoms with Crippen LogP contribution in [0.15, 0.2) is 30.3 Å². The maximum atomic E-state index is 13.2. The van der Waals surface area contributed by atoms with Crippen LogP contribution in [-0.2, 0) is 10.2 Å². The molecule has 7 nitrogen and oxygen atoms in total. The van der Waals surface area contributed by atoms with Crippen molar-refractivity contribution >= 4 is 17.8 Å². The Morgan fingerprint density at radius 2 is 1.62 bits per heavy atom. The van der Waals surface area contributed by atoms with Crippen LogP contribution in [0.1, 0.15) is 45.0 Å². The first-order valence-corrected chi connectivity index (χ1v) is 10.2. The van der Waals surface area contributed by atoms with E-state index in [0.717, 1.165) is 11.4 Å². The number of anilines is 2. The summed E-state index contributed by atoms with van der Waals surface area (Å²) in [5, 5.41) is 0. The summed E-state index contributed by atoms with van der Waals surface area (Å²) < 4.78 is 0. The van der Waals surface area contributed by atoms with Gasteiger partial charge in [-0.3, -0.25) is 4.79 Å². The topological polar surface area (TPSA) is 65.5 Å². The number of hydrogen-bond donors (Lipinski definition) is 0. The van der Waals surface area contributed by atoms with Gasteiger partial charge in [-0.15, -0.1) is 0 Å². The van der Waals surface area contributed by atoms with Gasteiger partial charge in [0.1, 0.15) is 5.82 Å². The van der Waals surface area contributed by atoms with Crippen LogP contribution in [0.4, 0.5) is 11.9 Å². The first-order chi connectivity index (χ1) is 13.7. The molecule has 1 aliphatic heterocycles. The molecule has 7 heteroatoms. The number of piperazine rings is 1. The third-order valence-corrected chi connectivity index (χ3v) is 5.43. The van der Waals surface area contributed by atoms with Crippen molar-refractivity contribution in [2.45, 2.75) is 39.0 Å². The van der Waals surface area contributed by atoms with E-state index in [1.807, 2.05) is 68.1 Å². The zero-order chi connectivity index (χ0) is 21.2. The summed E-state index contributed by atoms with van der Waals surface area (Å²) in [5.41, 5.74) is 0.501. The summed E-state index contributed by atoms with van der Waals surface area (Å²) >= 11 is 0. The third-order valence-electron chi connectivity index (χ3n) is 5.43. The van der Waals surface area contributed by atoms with Crippen LogP contribution in [0.25, 0.3) is 0 Å². The number of amides is 1. The fraction of sp³-hybridized carbons (Fsp3) is 0.545. The fourth-order valence-corrected chi connectivity index (χ4v) is 3.45. The van der Waals surface area contributed by atoms with E-state index in [4.69, 9.17) is 0 Å². The van der Waals surface area contributed by atoms with Gasteiger partial charge in [-0.25, -0.2) is 0 Å². The predicted octanol–water partition coefficient (Wildman–Crippen LogP) is 2.69. The van der Waals surface area contributed by atoms with E-state index in [1.165, 1.54) is 0 Å². The Bertz CT molecular complexity index is 815. The minimum atomic E-state index is -0.542. The monoisotopic (exact) mass is 396 g/mol. The van der Waals surface area contributed by atoms with E-state index in [-0.39, 0.29) is 11.8 Å². The van der Waals surface area contributed by atoms with E-state index in [1.54, 1.807) is 0 Å². The quantitative estimate of drug-likeness (QED) is 0.774. The Kier molecular flexibility index (Phi) is 6.05. The van der Waals surface area contributed by atoms with Crippen LogP contribution in [0, 0.1) is 0 Å². The summed E-state index contributed by atoms with van der Waals surface area (Å²) in [4.78, 5) is 33.1. The molecule has 0 spiro atoms. The van der Waals surface area contributed by atoms with E-state index in [0.29, 0.717) is 38.1 Å². The highest BCUT2D eigenvalue weighted by Gasteiger charge is 2.35. The van der Waals surface area contributed by atoms with Crippen LogP contribution in [0.5, 0.6) is 0 Å². The van der Waals surface area contributed by atoms with Gasteiger partial charge in [-0.2, -0.15) is 15.0 Å². The van der Waals surface area contributed by atoms with E-state index in [9.17, 15) is 4.79 Å². The zero-order valence-electron chi connectivity index (χ0n) is 18.4. The lowest BCUT2D eigenvalue weighted by Gasteiger charge is -2.39. The molecule has 0 atom stereocenters. The Hall–Kier alpha value is -2.70. The van der Waals surface area contributed by atoms with Crippen molar-refractivity contribution < 1.29 is 4.79 Å². The van der Waals surface area contributed by atoms with Gasteiger partial charge >= 0.3 is 0 Å². The number of carbonyl (C=O) groups excluding carboxylic acids is 1. The molecule has 2 aromatic rings. The molecule has 0 radical (unpaired) electrons. The summed E-state index contributed by atoms with van der Waals surface area (Å²) in [6.45, 7) is 10.9. The first kappa shape index (κ1) is 21.0. The Balaban J connectivity index is 1.73. The van der Waals surface area contributed by atoms with Crippen molar-refractivity contribution in [2.75, 3.05) is 50.1 Å². The number of carbonyl (C=O) groups is 1. The molecule has 0 bridgehead atoms. The molecule has 1 aromatic carbocycles. The highest BCUT2D eigenvalue weighted by Crippen LogP contribution is 2.27. The van der Waals surface area contributed by atoms with Gasteiger partial charge in [0.2, 0.25) is 17.8 Å². The molecular weight excluding hydrogens is 364 g/mol. The molecule has 0 aliphatic carbocycles. The van der Waals surface area contributed by atoms with Crippen molar-refractivity contribution in [3.63, 3.8) is 0 Å². The molecular formula is C22H32N6O. The number of aromatic nitrogens is 3. The van der Waals surface area contributed by atoms with Crippen molar-refractivity contribution in [2.24, 2.45) is 0 Å². The normalized spacial score (nSPS) is 15.0. The van der Waals surface area contributed by atoms with Crippen LogP contribution in [0.2, 0.25) is 0 Å². The Morgan fingerprint density at radius 1 is 1.00 bits per heavy atom. The van der Waals surface area contributed by atoms with Crippen LogP contribution < -0.4 is 9.80 Å². The van der Waals surface area contributed by atoms with Gasteiger partial charge in [0.05, 0.1) is 5.41 Å². The van der Waals surface area contributed by atoms with Crippen molar-refractivity contribution in [3.8, 4) is 0 Å². The van der Waals surface area contributed by atoms with Crippen molar-refractivity contribution in [1.82, 2.24) is 19.9 Å². The number of benzene rings is 1. The number of rotatable bonds is 5. The summed E-state index contributed by atoms with van der Waals surface area (Å²) in [6, 6.07) is 9.99. The Labute approximate surface area is 173 Å². The molecule has 3 rings (SSSR count). The van der Waals surface area contributed by atoms with Gasteiger partial charge in [0.15, 0.2) is 0 Å². The lowest BCUT2D eigenvalue weighted by Crippen LogP contribution is -2.53. The molecule has 29 heavy (non-hydrogen) atoms. The average Bonchev–Trinajstić information content (AvgIpc) is 2.73. The highest BCUT2D eigenvalue weighted by atomic mass is 16.2. The first-order valence-electron chi connectivity index (χ1n) is 10.2. The van der Waals surface area contributed by atoms with Gasteiger partial charge in [0, 0.05) is 46.2 Å². The molecule has 1 aromatic heterocycles. The lowest BCUT2D eigenvalue weighted by molar-refractivity contribution is -0.136. The fourth-order valence-electron chi connectivity index (χ4n) is 3.45. The summed E-state index contributed by atoms with van der Waals surface area (Å²) in [5.74, 6) is 2.55. The predicted molar refractivity (Wildman–Crippen MR) is 117 cm³/mol. The molecule has 0 unspecified atom stereocenters. The summed E-state index contributed by atoms with van der Waals surface area (Å²) in [7, 11) is 3.87. The Morgan fingerprint density at radius 3 is 2.17 bits per heavy atom. The zero-order valence-corrected chi connectivity index (χ0v) is 18.4. The lowest BCUT2D eigenvalue weighted by atomic mass is 9.83. The molecule has 1 saturated heterocycles. The molecule has 156 valence electrons. The van der Waals surface area contributed by atoms with Gasteiger partial charge in [-0.1, -0.05) is 44.2 Å². The maximum Gasteiger partial charge on any atom is 0.232 e. The molecule has 1 fully saturated rings. The number of nitrogens with zero attached hydrogens (tertiary/aromatic N) is 6. The molecule has 0 N–H and O–H groups in total. The number of hydrogen-bond acceptors (Lipinski definition) is 6. The van der Waals surface area contributed by atoms with Crippen LogP contribution in [0.3, 0.4) is 0 Å². The van der Waals surface area contributed by atoms with Gasteiger partial charge in [0.25, 0.3) is 0 Å². The van der Waals surface area contributed by atoms with Gasteiger partial charge < -0.3 is 14.7 Å². The molecule has 0 saturated carbocycles. The smallest absolute Gasteiger partial charge is 0.232 e. The second kappa shape index (κ2) is 8.35. The SMILES string of the molecule is CC(C)c1nc(N(C)C)nc(N2CCN(C(=O)C(C)(C)c3ccccc3)CC2)n1. The van der Waals surface area contributed by atoms with E-state index in [2.05, 4.69) is 33.7 Å². The molecule has 1 amide bonds. The average molecular weight is 397 g/mol. The van der Waals surface area contributed by atoms with E-state index < -0.39 is 5.41 Å². The minimum Gasteiger partial charge on any atom is -0.347 e. The third kappa shape index (κ3) is 4.49. The van der Waals surface area contributed by atoms with Crippen molar-refractivity contribution in [1.29, 1.82) is 0 Å². The standard InChI is InChI=1S/C22H32N6O/c1-16(2)18-23-20(26(5)6)25-21(24-18)28-14-12-27(13-15-28)19(29)22(3,4)17-10-8-7-9-11-17/h7-11,16H,12-15H2,1-6H3. The molecule has 2 heterocycles. The van der Waals surface area contributed by atoms with Crippen LogP contribution >= 0.6 is 0 Å². The van der Waals surface area contributed by atoms with Crippen molar-refractivity contribution in [3.05, 3.63) is 41.7 Å². The molecule has 1 aliphatic rings. The largest absolute Gasteiger partial charge is 0.347 e. The minimum absolute atomic E-state index is 0.163. The van der Waals surface area contributed by atoms with Crippen LogP contribution in [-0.4, -0.2) is 66.0 Å².